The normalized spacial score (nSPS) is 11.9. The fraction of sp³-hybridized carbons (Fsp3) is 0.500. The van der Waals surface area contributed by atoms with E-state index in [0.717, 1.165) is 19.3 Å². The van der Waals surface area contributed by atoms with Crippen LogP contribution in [-0.4, -0.2) is 23.4 Å². The minimum absolute atomic E-state index is 0.0458. The van der Waals surface area contributed by atoms with E-state index in [1.54, 1.807) is 19.1 Å². The molecule has 6 nitrogen and oxygen atoms in total. The summed E-state index contributed by atoms with van der Waals surface area (Å²) >= 11 is 0. The molecule has 0 saturated carbocycles. The number of carbonyl (C=O) groups excluding carboxylic acids is 1. The molecule has 0 radical (unpaired) electrons. The molecule has 0 aliphatic carbocycles. The topological polar surface area (TPSA) is 98.3 Å². The average molecular weight is 279 g/mol. The number of aryl methyl sites for hydroxylation is 1. The van der Waals surface area contributed by atoms with E-state index >= 15 is 0 Å². The molecule has 1 aromatic rings. The van der Waals surface area contributed by atoms with Gasteiger partial charge in [-0.25, -0.2) is 0 Å². The number of hydrogen-bond acceptors (Lipinski definition) is 4. The predicted octanol–water partition coefficient (Wildman–Crippen LogP) is 2.15. The fourth-order valence-corrected chi connectivity index (χ4v) is 1.92. The highest BCUT2D eigenvalue weighted by atomic mass is 16.6. The molecular formula is C14H21N3O3. The molecule has 6 heteroatoms. The number of carbonyl (C=O) groups is 1. The van der Waals surface area contributed by atoms with Gasteiger partial charge in [0.1, 0.15) is 0 Å². The van der Waals surface area contributed by atoms with Crippen LogP contribution in [0.15, 0.2) is 18.2 Å². The molecule has 0 aliphatic heterocycles. The summed E-state index contributed by atoms with van der Waals surface area (Å²) in [5.41, 5.74) is 6.40. The molecule has 0 bridgehead atoms. The fourth-order valence-electron chi connectivity index (χ4n) is 1.92. The predicted molar refractivity (Wildman–Crippen MR) is 77.7 cm³/mol. The van der Waals surface area contributed by atoms with Gasteiger partial charge in [0.05, 0.1) is 4.92 Å². The third-order valence-corrected chi connectivity index (χ3v) is 3.19. The van der Waals surface area contributed by atoms with E-state index < -0.39 is 4.92 Å². The van der Waals surface area contributed by atoms with Gasteiger partial charge >= 0.3 is 0 Å². The second-order valence-corrected chi connectivity index (χ2v) is 4.81. The largest absolute Gasteiger partial charge is 0.348 e. The summed E-state index contributed by atoms with van der Waals surface area (Å²) in [6.07, 6.45) is 2.82. The summed E-state index contributed by atoms with van der Waals surface area (Å²) in [7, 11) is 0. The maximum absolute atomic E-state index is 12.1. The van der Waals surface area contributed by atoms with Gasteiger partial charge in [0, 0.05) is 29.8 Å². The molecule has 1 unspecified atom stereocenters. The maximum Gasteiger partial charge on any atom is 0.273 e. The molecular weight excluding hydrogens is 258 g/mol. The molecule has 1 atom stereocenters. The molecule has 0 aromatic heterocycles. The SMILES string of the molecule is CCCCC(CN)NC(=O)c1ccc(C)c([N+](=O)[O-])c1. The summed E-state index contributed by atoms with van der Waals surface area (Å²) in [6.45, 7) is 4.07. The number of benzene rings is 1. The molecule has 1 aromatic carbocycles. The van der Waals surface area contributed by atoms with Crippen molar-refractivity contribution in [1.29, 1.82) is 0 Å². The van der Waals surface area contributed by atoms with Gasteiger partial charge in [0.15, 0.2) is 0 Å². The Balaban J connectivity index is 2.81. The second-order valence-electron chi connectivity index (χ2n) is 4.81. The number of nitro benzene ring substituents is 1. The van der Waals surface area contributed by atoms with Gasteiger partial charge in [-0.15, -0.1) is 0 Å². The first-order valence-electron chi connectivity index (χ1n) is 6.75. The first-order valence-corrected chi connectivity index (χ1v) is 6.75. The number of amides is 1. The van der Waals surface area contributed by atoms with Crippen molar-refractivity contribution >= 4 is 11.6 Å². The van der Waals surface area contributed by atoms with Gasteiger partial charge in [-0.05, 0) is 19.4 Å². The molecule has 1 rings (SSSR count). The number of rotatable bonds is 7. The first kappa shape index (κ1) is 16.1. The van der Waals surface area contributed by atoms with Crippen LogP contribution in [-0.2, 0) is 0 Å². The number of nitro groups is 1. The summed E-state index contributed by atoms with van der Waals surface area (Å²) in [5, 5.41) is 13.7. The highest BCUT2D eigenvalue weighted by molar-refractivity contribution is 5.95. The standard InChI is InChI=1S/C14H21N3O3/c1-3-4-5-12(9-15)16-14(18)11-7-6-10(2)13(8-11)17(19)20/h6-8,12H,3-5,9,15H2,1-2H3,(H,16,18). The molecule has 0 fully saturated rings. The van der Waals surface area contributed by atoms with Crippen LogP contribution >= 0.6 is 0 Å². The van der Waals surface area contributed by atoms with E-state index in [1.807, 2.05) is 0 Å². The summed E-state index contributed by atoms with van der Waals surface area (Å²) in [6, 6.07) is 4.38. The van der Waals surface area contributed by atoms with Crippen molar-refractivity contribution < 1.29 is 9.72 Å². The Morgan fingerprint density at radius 1 is 1.50 bits per heavy atom. The van der Waals surface area contributed by atoms with Crippen molar-refractivity contribution in [1.82, 2.24) is 5.32 Å². The van der Waals surface area contributed by atoms with Crippen molar-refractivity contribution in [3.8, 4) is 0 Å². The number of nitrogens with zero attached hydrogens (tertiary/aromatic N) is 1. The van der Waals surface area contributed by atoms with Gasteiger partial charge in [0.2, 0.25) is 0 Å². The van der Waals surface area contributed by atoms with Crippen LogP contribution in [0, 0.1) is 17.0 Å². The number of unbranched alkanes of at least 4 members (excludes halogenated alkanes) is 1. The zero-order valence-electron chi connectivity index (χ0n) is 11.9. The highest BCUT2D eigenvalue weighted by Crippen LogP contribution is 2.19. The van der Waals surface area contributed by atoms with Crippen LogP contribution in [0.4, 0.5) is 5.69 Å². The van der Waals surface area contributed by atoms with E-state index in [1.165, 1.54) is 6.07 Å². The summed E-state index contributed by atoms with van der Waals surface area (Å²) in [4.78, 5) is 22.5. The van der Waals surface area contributed by atoms with E-state index in [2.05, 4.69) is 12.2 Å². The van der Waals surface area contributed by atoms with Crippen molar-refractivity contribution in [3.63, 3.8) is 0 Å². The molecule has 0 heterocycles. The number of hydrogen-bond donors (Lipinski definition) is 2. The molecule has 110 valence electrons. The van der Waals surface area contributed by atoms with Crippen LogP contribution in [0.3, 0.4) is 0 Å². The quantitative estimate of drug-likeness (QED) is 0.590. The lowest BCUT2D eigenvalue weighted by Gasteiger charge is -2.16. The Morgan fingerprint density at radius 3 is 2.75 bits per heavy atom. The van der Waals surface area contributed by atoms with Crippen molar-refractivity contribution in [3.05, 3.63) is 39.4 Å². The van der Waals surface area contributed by atoms with Crippen molar-refractivity contribution in [2.45, 2.75) is 39.2 Å². The monoisotopic (exact) mass is 279 g/mol. The van der Waals surface area contributed by atoms with Crippen LogP contribution < -0.4 is 11.1 Å². The molecule has 3 N–H and O–H groups in total. The third-order valence-electron chi connectivity index (χ3n) is 3.19. The van der Waals surface area contributed by atoms with Crippen LogP contribution in [0.5, 0.6) is 0 Å². The van der Waals surface area contributed by atoms with Gasteiger partial charge in [-0.1, -0.05) is 25.8 Å². The average Bonchev–Trinajstić information content (AvgIpc) is 2.43. The molecule has 0 saturated heterocycles. The van der Waals surface area contributed by atoms with E-state index in [4.69, 9.17) is 5.73 Å². The Hall–Kier alpha value is -1.95. The Morgan fingerprint density at radius 2 is 2.20 bits per heavy atom. The minimum atomic E-state index is -0.483. The minimum Gasteiger partial charge on any atom is -0.348 e. The van der Waals surface area contributed by atoms with E-state index in [9.17, 15) is 14.9 Å². The van der Waals surface area contributed by atoms with Crippen LogP contribution in [0.25, 0.3) is 0 Å². The van der Waals surface area contributed by atoms with Crippen LogP contribution in [0.2, 0.25) is 0 Å². The van der Waals surface area contributed by atoms with Crippen molar-refractivity contribution in [2.24, 2.45) is 5.73 Å². The number of nitrogens with one attached hydrogen (secondary N) is 1. The zero-order chi connectivity index (χ0) is 15.1. The second kappa shape index (κ2) is 7.59. The van der Waals surface area contributed by atoms with Crippen LogP contribution in [0.1, 0.15) is 42.1 Å². The van der Waals surface area contributed by atoms with Gasteiger partial charge in [-0.2, -0.15) is 0 Å². The zero-order valence-corrected chi connectivity index (χ0v) is 11.9. The first-order chi connectivity index (χ1) is 9.49. The Bertz CT molecular complexity index is 489. The third kappa shape index (κ3) is 4.31. The lowest BCUT2D eigenvalue weighted by Crippen LogP contribution is -2.40. The van der Waals surface area contributed by atoms with Gasteiger partial charge < -0.3 is 11.1 Å². The summed E-state index contributed by atoms with van der Waals surface area (Å²) < 4.78 is 0. The highest BCUT2D eigenvalue weighted by Gasteiger charge is 2.17. The van der Waals surface area contributed by atoms with Gasteiger partial charge in [0.25, 0.3) is 11.6 Å². The lowest BCUT2D eigenvalue weighted by molar-refractivity contribution is -0.385. The Kier molecular flexibility index (Phi) is 6.11. The van der Waals surface area contributed by atoms with Crippen molar-refractivity contribution in [2.75, 3.05) is 6.54 Å². The lowest BCUT2D eigenvalue weighted by atomic mass is 10.1. The van der Waals surface area contributed by atoms with E-state index in [0.29, 0.717) is 12.1 Å². The van der Waals surface area contributed by atoms with Gasteiger partial charge in [-0.3, -0.25) is 14.9 Å². The number of nitrogens with two attached hydrogens (primary N) is 1. The molecule has 20 heavy (non-hydrogen) atoms. The molecule has 0 aliphatic rings. The molecule has 0 spiro atoms. The summed E-state index contributed by atoms with van der Waals surface area (Å²) in [5.74, 6) is -0.320. The Labute approximate surface area is 118 Å². The van der Waals surface area contributed by atoms with E-state index in [-0.39, 0.29) is 23.2 Å². The smallest absolute Gasteiger partial charge is 0.273 e. The molecule has 1 amide bonds. The maximum atomic E-state index is 12.1.